The number of aryl methyl sites for hydroxylation is 3. The molecule has 88 valence electrons. The van der Waals surface area contributed by atoms with Crippen molar-refractivity contribution in [2.45, 2.75) is 20.3 Å². The second-order valence-corrected chi connectivity index (χ2v) is 4.36. The molecule has 0 aliphatic rings. The lowest BCUT2D eigenvalue weighted by Crippen LogP contribution is -2.10. The van der Waals surface area contributed by atoms with Crippen molar-refractivity contribution >= 4 is 5.78 Å². The Hall–Kier alpha value is -1.90. The van der Waals surface area contributed by atoms with Gasteiger partial charge in [0, 0.05) is 13.5 Å². The third-order valence-corrected chi connectivity index (χ3v) is 3.08. The highest BCUT2D eigenvalue weighted by molar-refractivity contribution is 5.96. The summed E-state index contributed by atoms with van der Waals surface area (Å²) >= 11 is 0. The third kappa shape index (κ3) is 2.28. The van der Waals surface area contributed by atoms with Crippen LogP contribution in [-0.2, 0) is 13.5 Å². The molecule has 0 aliphatic carbocycles. The first kappa shape index (κ1) is 11.6. The van der Waals surface area contributed by atoms with Gasteiger partial charge in [0.15, 0.2) is 5.78 Å². The molecule has 0 atom stereocenters. The zero-order valence-electron chi connectivity index (χ0n) is 10.4. The van der Waals surface area contributed by atoms with E-state index in [9.17, 15) is 4.79 Å². The zero-order chi connectivity index (χ0) is 12.4. The Morgan fingerprint density at radius 1 is 1.29 bits per heavy atom. The largest absolute Gasteiger partial charge is 0.331 e. The first-order valence-corrected chi connectivity index (χ1v) is 5.64. The molecular formula is C14H16N2O. The summed E-state index contributed by atoms with van der Waals surface area (Å²) in [4.78, 5) is 16.1. The van der Waals surface area contributed by atoms with Gasteiger partial charge in [-0.25, -0.2) is 4.98 Å². The molecule has 1 heterocycles. The molecule has 0 saturated heterocycles. The molecular weight excluding hydrogens is 212 g/mol. The monoisotopic (exact) mass is 228 g/mol. The minimum absolute atomic E-state index is 0.113. The number of hydrogen-bond acceptors (Lipinski definition) is 2. The van der Waals surface area contributed by atoms with Crippen LogP contribution in [0.5, 0.6) is 0 Å². The molecule has 0 fully saturated rings. The SMILES string of the molecule is Cc1cccc(C)c1CC(=O)c1cncn1C. The quantitative estimate of drug-likeness (QED) is 0.756. The highest BCUT2D eigenvalue weighted by atomic mass is 16.1. The van der Waals surface area contributed by atoms with Gasteiger partial charge < -0.3 is 4.57 Å². The molecule has 1 aromatic carbocycles. The van der Waals surface area contributed by atoms with Gasteiger partial charge >= 0.3 is 0 Å². The normalized spacial score (nSPS) is 10.5. The molecule has 17 heavy (non-hydrogen) atoms. The fourth-order valence-electron chi connectivity index (χ4n) is 2.00. The average molecular weight is 228 g/mol. The Labute approximate surface area is 101 Å². The Morgan fingerprint density at radius 3 is 2.47 bits per heavy atom. The van der Waals surface area contributed by atoms with Crippen molar-refractivity contribution in [3.63, 3.8) is 0 Å². The van der Waals surface area contributed by atoms with Crippen LogP contribution in [0.3, 0.4) is 0 Å². The molecule has 0 N–H and O–H groups in total. The summed E-state index contributed by atoms with van der Waals surface area (Å²) in [5.74, 6) is 0.113. The summed E-state index contributed by atoms with van der Waals surface area (Å²) in [7, 11) is 1.84. The first-order valence-electron chi connectivity index (χ1n) is 5.64. The van der Waals surface area contributed by atoms with Crippen molar-refractivity contribution in [3.05, 3.63) is 53.1 Å². The van der Waals surface area contributed by atoms with Gasteiger partial charge in [-0.05, 0) is 30.5 Å². The van der Waals surface area contributed by atoms with Crippen molar-refractivity contribution in [2.75, 3.05) is 0 Å². The topological polar surface area (TPSA) is 34.9 Å². The highest BCUT2D eigenvalue weighted by Crippen LogP contribution is 2.16. The van der Waals surface area contributed by atoms with Gasteiger partial charge in [0.1, 0.15) is 5.69 Å². The molecule has 0 bridgehead atoms. The van der Waals surface area contributed by atoms with Crippen molar-refractivity contribution in [1.82, 2.24) is 9.55 Å². The number of ketones is 1. The maximum absolute atomic E-state index is 12.1. The smallest absolute Gasteiger partial charge is 0.185 e. The van der Waals surface area contributed by atoms with Gasteiger partial charge in [0.05, 0.1) is 12.5 Å². The standard InChI is InChI=1S/C14H16N2O/c1-10-5-4-6-11(2)12(10)7-14(17)13-8-15-9-16(13)3/h4-6,8-9H,7H2,1-3H3. The molecule has 0 aliphatic heterocycles. The van der Waals surface area contributed by atoms with Crippen molar-refractivity contribution in [2.24, 2.45) is 7.05 Å². The highest BCUT2D eigenvalue weighted by Gasteiger charge is 2.13. The van der Waals surface area contributed by atoms with E-state index in [-0.39, 0.29) is 5.78 Å². The third-order valence-electron chi connectivity index (χ3n) is 3.08. The lowest BCUT2D eigenvalue weighted by molar-refractivity contribution is 0.0985. The summed E-state index contributed by atoms with van der Waals surface area (Å²) in [5, 5.41) is 0. The van der Waals surface area contributed by atoms with Crippen molar-refractivity contribution in [3.8, 4) is 0 Å². The number of hydrogen-bond donors (Lipinski definition) is 0. The van der Waals surface area contributed by atoms with Crippen molar-refractivity contribution in [1.29, 1.82) is 0 Å². The summed E-state index contributed by atoms with van der Waals surface area (Å²) in [6.07, 6.45) is 3.71. The molecule has 2 aromatic rings. The summed E-state index contributed by atoms with van der Waals surface area (Å²) in [6.45, 7) is 4.08. The maximum atomic E-state index is 12.1. The summed E-state index contributed by atoms with van der Waals surface area (Å²) in [6, 6.07) is 6.10. The number of carbonyl (C=O) groups excluding carboxylic acids is 1. The Balaban J connectivity index is 2.28. The zero-order valence-corrected chi connectivity index (χ0v) is 10.4. The number of carbonyl (C=O) groups is 1. The fourth-order valence-corrected chi connectivity index (χ4v) is 2.00. The van der Waals surface area contributed by atoms with Crippen LogP contribution in [0, 0.1) is 13.8 Å². The van der Waals surface area contributed by atoms with Gasteiger partial charge in [-0.15, -0.1) is 0 Å². The van der Waals surface area contributed by atoms with Crippen LogP contribution in [-0.4, -0.2) is 15.3 Å². The van der Waals surface area contributed by atoms with Crippen LogP contribution in [0.4, 0.5) is 0 Å². The van der Waals surface area contributed by atoms with E-state index in [1.165, 1.54) is 11.1 Å². The van der Waals surface area contributed by atoms with Crippen LogP contribution >= 0.6 is 0 Å². The van der Waals surface area contributed by atoms with Crippen LogP contribution < -0.4 is 0 Å². The van der Waals surface area contributed by atoms with Gasteiger partial charge in [-0.1, -0.05) is 18.2 Å². The number of imidazole rings is 1. The van der Waals surface area contributed by atoms with Gasteiger partial charge in [-0.2, -0.15) is 0 Å². The molecule has 1 aromatic heterocycles. The van der Waals surface area contributed by atoms with Crippen LogP contribution in [0.25, 0.3) is 0 Å². The molecule has 2 rings (SSSR count). The van der Waals surface area contributed by atoms with E-state index in [1.807, 2.05) is 39.1 Å². The molecule has 3 heteroatoms. The predicted molar refractivity (Wildman–Crippen MR) is 67.2 cm³/mol. The van der Waals surface area contributed by atoms with E-state index in [0.29, 0.717) is 12.1 Å². The van der Waals surface area contributed by atoms with Gasteiger partial charge in [0.25, 0.3) is 0 Å². The van der Waals surface area contributed by atoms with E-state index >= 15 is 0 Å². The Bertz CT molecular complexity index is 535. The minimum atomic E-state index is 0.113. The molecule has 3 nitrogen and oxygen atoms in total. The predicted octanol–water partition coefficient (Wildman–Crippen LogP) is 2.46. The molecule has 0 radical (unpaired) electrons. The number of Topliss-reactive ketones (excluding diaryl/α,β-unsaturated/α-hetero) is 1. The second-order valence-electron chi connectivity index (χ2n) is 4.36. The number of benzene rings is 1. The van der Waals surface area contributed by atoms with Crippen LogP contribution in [0.2, 0.25) is 0 Å². The molecule has 0 saturated carbocycles. The van der Waals surface area contributed by atoms with E-state index in [1.54, 1.807) is 17.1 Å². The fraction of sp³-hybridized carbons (Fsp3) is 0.286. The molecule has 0 spiro atoms. The number of rotatable bonds is 3. The van der Waals surface area contributed by atoms with E-state index in [4.69, 9.17) is 0 Å². The Morgan fingerprint density at radius 2 is 1.94 bits per heavy atom. The van der Waals surface area contributed by atoms with E-state index < -0.39 is 0 Å². The Kier molecular flexibility index (Phi) is 3.09. The summed E-state index contributed by atoms with van der Waals surface area (Å²) in [5.41, 5.74) is 4.12. The maximum Gasteiger partial charge on any atom is 0.185 e. The van der Waals surface area contributed by atoms with Crippen LogP contribution in [0.15, 0.2) is 30.7 Å². The van der Waals surface area contributed by atoms with E-state index in [2.05, 4.69) is 4.98 Å². The lowest BCUT2D eigenvalue weighted by Gasteiger charge is -2.08. The first-order chi connectivity index (χ1) is 8.09. The molecule has 0 amide bonds. The average Bonchev–Trinajstić information content (AvgIpc) is 2.70. The van der Waals surface area contributed by atoms with Crippen LogP contribution in [0.1, 0.15) is 27.2 Å². The van der Waals surface area contributed by atoms with E-state index in [0.717, 1.165) is 5.56 Å². The minimum Gasteiger partial charge on any atom is -0.331 e. The van der Waals surface area contributed by atoms with Gasteiger partial charge in [-0.3, -0.25) is 4.79 Å². The van der Waals surface area contributed by atoms with Gasteiger partial charge in [0.2, 0.25) is 0 Å². The lowest BCUT2D eigenvalue weighted by atomic mass is 9.97. The number of aromatic nitrogens is 2. The second kappa shape index (κ2) is 4.53. The molecule has 0 unspecified atom stereocenters. The summed E-state index contributed by atoms with van der Waals surface area (Å²) < 4.78 is 1.76. The number of nitrogens with zero attached hydrogens (tertiary/aromatic N) is 2. The van der Waals surface area contributed by atoms with Crippen molar-refractivity contribution < 1.29 is 4.79 Å².